The normalized spacial score (nSPS) is 24.8. The number of ether oxygens (including phenoxy) is 1. The first-order valence-corrected chi connectivity index (χ1v) is 15.1. The maximum absolute atomic E-state index is 11.3. The molecule has 1 aromatic carbocycles. The summed E-state index contributed by atoms with van der Waals surface area (Å²) in [5, 5.41) is 9.95. The molecule has 186 valence electrons. The Morgan fingerprint density at radius 3 is 2.32 bits per heavy atom. The molecule has 1 saturated heterocycles. The van der Waals surface area contributed by atoms with Gasteiger partial charge in [-0.2, -0.15) is 0 Å². The molecule has 3 aliphatic rings. The number of carboxylic acid groups (broad SMARTS) is 1. The monoisotopic (exact) mass is 597 g/mol. The van der Waals surface area contributed by atoms with Crippen LogP contribution in [-0.4, -0.2) is 39.4 Å². The molecule has 34 heavy (non-hydrogen) atoms. The summed E-state index contributed by atoms with van der Waals surface area (Å²) < 4.78 is 10.5. The van der Waals surface area contributed by atoms with Crippen molar-refractivity contribution in [3.05, 3.63) is 44.6 Å². The fourth-order valence-corrected chi connectivity index (χ4v) is 7.26. The summed E-state index contributed by atoms with van der Waals surface area (Å²) in [6, 6.07) is 8.14. The minimum absolute atomic E-state index is 0.258. The summed E-state index contributed by atoms with van der Waals surface area (Å²) in [5.74, 6) is 0.720. The van der Waals surface area contributed by atoms with Crippen LogP contribution in [0.25, 0.3) is 5.70 Å². The number of carbonyl (C=O) groups is 1. The van der Waals surface area contributed by atoms with Crippen LogP contribution in [0.4, 0.5) is 0 Å². The molecule has 2 fully saturated rings. The van der Waals surface area contributed by atoms with Crippen LogP contribution in [0.5, 0.6) is 5.75 Å². The molecule has 2 heterocycles. The molecule has 1 N–H and O–H groups in total. The second-order valence-electron chi connectivity index (χ2n) is 10.6. The molecule has 1 aliphatic carbocycles. The molecule has 0 atom stereocenters. The van der Waals surface area contributed by atoms with Crippen molar-refractivity contribution in [1.82, 2.24) is 4.90 Å². The quantitative estimate of drug-likeness (QED) is 0.529. The van der Waals surface area contributed by atoms with Crippen molar-refractivity contribution in [3.8, 4) is 5.75 Å². The summed E-state index contributed by atoms with van der Waals surface area (Å²) in [5.41, 5.74) is 3.13. The Hall–Kier alpha value is -1.54. The molecule has 5 nitrogen and oxygen atoms in total. The van der Waals surface area contributed by atoms with Crippen molar-refractivity contribution in [1.29, 1.82) is 0 Å². The summed E-state index contributed by atoms with van der Waals surface area (Å²) in [6.45, 7) is 8.44. The van der Waals surface area contributed by atoms with Gasteiger partial charge in [-0.3, -0.25) is 0 Å². The Kier molecular flexibility index (Phi) is 8.28. The second kappa shape index (κ2) is 11.0. The van der Waals surface area contributed by atoms with E-state index in [1.54, 1.807) is 0 Å². The van der Waals surface area contributed by atoms with Crippen LogP contribution >= 0.6 is 11.6 Å². The fourth-order valence-electron chi connectivity index (χ4n) is 5.10. The Balaban J connectivity index is 1.42. The van der Waals surface area contributed by atoms with Crippen molar-refractivity contribution in [3.63, 3.8) is 0 Å². The van der Waals surface area contributed by atoms with Crippen molar-refractivity contribution < 1.29 is 35.8 Å². The molecular formula is C27H35ClIN2O3-. The zero-order valence-electron chi connectivity index (χ0n) is 20.3. The van der Waals surface area contributed by atoms with Gasteiger partial charge in [0.2, 0.25) is 0 Å². The summed E-state index contributed by atoms with van der Waals surface area (Å²) in [6.07, 6.45) is 6.26. The molecule has 0 spiro atoms. The third-order valence-electron chi connectivity index (χ3n) is 7.35. The average molecular weight is 598 g/mol. The number of halogens is 2. The molecule has 0 bridgehead atoms. The number of allylic oxidation sites excluding steroid dienone is 1. The first-order valence-electron chi connectivity index (χ1n) is 12.2. The fraction of sp³-hybridized carbons (Fsp3) is 0.556. The Bertz CT molecular complexity index is 965. The number of benzene rings is 1. The Labute approximate surface area is 218 Å². The third kappa shape index (κ3) is 6.17. The van der Waals surface area contributed by atoms with E-state index in [9.17, 15) is 9.90 Å². The van der Waals surface area contributed by atoms with Crippen molar-refractivity contribution in [2.75, 3.05) is 13.1 Å². The Morgan fingerprint density at radius 1 is 1.09 bits per heavy atom. The molecule has 4 rings (SSSR count). The van der Waals surface area contributed by atoms with E-state index in [1.165, 1.54) is 12.8 Å². The maximum atomic E-state index is 11.3. The minimum atomic E-state index is -0.697. The Morgan fingerprint density at radius 2 is 1.74 bits per heavy atom. The van der Waals surface area contributed by atoms with Crippen molar-refractivity contribution in [2.45, 2.75) is 65.4 Å². The van der Waals surface area contributed by atoms with Gasteiger partial charge in [0.1, 0.15) is 0 Å². The number of likely N-dealkylation sites (tertiary alicyclic amines) is 1. The topological polar surface area (TPSA) is 62.1 Å². The molecule has 1 aromatic rings. The van der Waals surface area contributed by atoms with E-state index in [4.69, 9.17) is 21.3 Å². The van der Waals surface area contributed by atoms with Gasteiger partial charge in [0.15, 0.2) is 0 Å². The SMILES string of the molecule is CC(C)(C)C1CCC(Oc2ccc(C3=C(Cl)C(N4CCC(C(=O)O)CC4)=C[I-]C=N3)cc2)CC1. The van der Waals surface area contributed by atoms with Gasteiger partial charge in [-0.15, -0.1) is 0 Å². The molecule has 7 heteroatoms. The van der Waals surface area contributed by atoms with Gasteiger partial charge in [-0.25, -0.2) is 0 Å². The number of rotatable bonds is 5. The van der Waals surface area contributed by atoms with E-state index in [0.29, 0.717) is 36.4 Å². The molecule has 1 saturated carbocycles. The van der Waals surface area contributed by atoms with E-state index in [1.807, 2.05) is 28.5 Å². The molecule has 0 unspecified atom stereocenters. The number of hydrogen-bond donors (Lipinski definition) is 1. The van der Waals surface area contributed by atoms with Crippen LogP contribution in [0.3, 0.4) is 0 Å². The number of carboxylic acids is 1. The van der Waals surface area contributed by atoms with Gasteiger partial charge in [0, 0.05) is 0 Å². The van der Waals surface area contributed by atoms with E-state index in [0.717, 1.165) is 41.5 Å². The standard InChI is InChI=1S/C27H35ClIN2O3/c1-27(2,3)20-6-10-22(11-7-20)34-21-8-4-18(5-9-21)25-24(28)23(16-29-17-30-25)31-14-12-19(13-15-31)26(32)33/h4-5,8-9,16-17,19-20,22H,6-7,10-15H2,1-3H3,(H,32,33)/q-1. The predicted octanol–water partition coefficient (Wildman–Crippen LogP) is 3.35. The average Bonchev–Trinajstić information content (AvgIpc) is 3.01. The van der Waals surface area contributed by atoms with E-state index < -0.39 is 5.97 Å². The summed E-state index contributed by atoms with van der Waals surface area (Å²) in [4.78, 5) is 18.2. The zero-order valence-corrected chi connectivity index (χ0v) is 23.2. The molecule has 0 aromatic heterocycles. The first-order chi connectivity index (χ1) is 16.2. The first kappa shape index (κ1) is 25.5. The zero-order chi connectivity index (χ0) is 24.3. The van der Waals surface area contributed by atoms with Crippen LogP contribution in [0.1, 0.15) is 64.9 Å². The van der Waals surface area contributed by atoms with Gasteiger partial charge >= 0.3 is 193 Å². The van der Waals surface area contributed by atoms with Crippen LogP contribution in [0, 0.1) is 17.3 Å². The molecular weight excluding hydrogens is 563 g/mol. The van der Waals surface area contributed by atoms with Gasteiger partial charge in [0.25, 0.3) is 0 Å². The van der Waals surface area contributed by atoms with Gasteiger partial charge in [-0.1, -0.05) is 20.8 Å². The van der Waals surface area contributed by atoms with Gasteiger partial charge in [-0.05, 0) is 5.41 Å². The van der Waals surface area contributed by atoms with Crippen molar-refractivity contribution >= 4 is 27.5 Å². The van der Waals surface area contributed by atoms with E-state index in [2.05, 4.69) is 29.8 Å². The molecule has 2 aliphatic heterocycles. The van der Waals surface area contributed by atoms with E-state index in [-0.39, 0.29) is 33.2 Å². The molecule has 0 amide bonds. The number of nitrogens with zero attached hydrogens (tertiary/aromatic N) is 2. The van der Waals surface area contributed by atoms with Crippen LogP contribution in [0.15, 0.2) is 44.1 Å². The van der Waals surface area contributed by atoms with Gasteiger partial charge < -0.3 is 0 Å². The number of hydrogen-bond acceptors (Lipinski definition) is 4. The van der Waals surface area contributed by atoms with Crippen LogP contribution in [0.2, 0.25) is 0 Å². The van der Waals surface area contributed by atoms with Crippen molar-refractivity contribution in [2.24, 2.45) is 22.2 Å². The summed E-state index contributed by atoms with van der Waals surface area (Å²) in [7, 11) is 0. The molecule has 0 radical (unpaired) electrons. The van der Waals surface area contributed by atoms with Crippen LogP contribution in [-0.2, 0) is 4.79 Å². The second-order valence-corrected chi connectivity index (χ2v) is 12.9. The van der Waals surface area contributed by atoms with Gasteiger partial charge in [0.05, 0.1) is 0 Å². The number of aliphatic carboxylic acids is 1. The predicted molar refractivity (Wildman–Crippen MR) is 134 cm³/mol. The third-order valence-corrected chi connectivity index (χ3v) is 9.27. The van der Waals surface area contributed by atoms with E-state index >= 15 is 0 Å². The summed E-state index contributed by atoms with van der Waals surface area (Å²) >= 11 is 6.55. The number of piperidine rings is 1. The number of aliphatic imine (C=N–C) groups is 1. The van der Waals surface area contributed by atoms with Crippen LogP contribution < -0.4 is 25.9 Å².